The van der Waals surface area contributed by atoms with Crippen molar-refractivity contribution in [3.63, 3.8) is 0 Å². The first-order valence-corrected chi connectivity index (χ1v) is 25.9. The zero-order valence-corrected chi connectivity index (χ0v) is 40.6. The maximum Gasteiger partial charge on any atom is 0.306 e. The first-order chi connectivity index (χ1) is 29.4. The van der Waals surface area contributed by atoms with E-state index in [0.29, 0.717) is 36.7 Å². The van der Waals surface area contributed by atoms with Crippen molar-refractivity contribution in [2.75, 3.05) is 47.5 Å². The van der Waals surface area contributed by atoms with Gasteiger partial charge in [0.05, 0.1) is 33.9 Å². The van der Waals surface area contributed by atoms with E-state index in [1.807, 2.05) is 57.6 Å². The molecule has 0 rings (SSSR count). The highest BCUT2D eigenvalue weighted by atomic mass is 31.2. The minimum absolute atomic E-state index is 0.0492. The highest BCUT2D eigenvalue weighted by molar-refractivity contribution is 7.45. The first kappa shape index (κ1) is 58.9. The van der Waals surface area contributed by atoms with Crippen molar-refractivity contribution >= 4 is 19.8 Å². The van der Waals surface area contributed by atoms with Gasteiger partial charge in [-0.25, -0.2) is 0 Å². The molecule has 0 saturated heterocycles. The number of allylic oxidation sites excluding steroid dienone is 6. The summed E-state index contributed by atoms with van der Waals surface area (Å²) in [6.45, 7) is 4.06. The number of nitrogens with zero attached hydrogens (tertiary/aromatic N) is 1. The van der Waals surface area contributed by atoms with Crippen LogP contribution in [-0.2, 0) is 32.7 Å². The third-order valence-corrected chi connectivity index (χ3v) is 11.4. The summed E-state index contributed by atoms with van der Waals surface area (Å²) in [5.41, 5.74) is 0. The van der Waals surface area contributed by atoms with Crippen LogP contribution in [0, 0.1) is 0 Å². The number of carbonyl (C=O) groups is 2. The number of aliphatic hydroxyl groups is 1. The van der Waals surface area contributed by atoms with Crippen molar-refractivity contribution in [3.8, 4) is 0 Å². The Bertz CT molecular complexity index is 1200. The molecule has 0 aromatic heterocycles. The van der Waals surface area contributed by atoms with Crippen molar-refractivity contribution in [2.45, 2.75) is 212 Å². The van der Waals surface area contributed by atoms with Gasteiger partial charge >= 0.3 is 11.9 Å². The third-order valence-electron chi connectivity index (χ3n) is 10.4. The minimum atomic E-state index is -4.65. The van der Waals surface area contributed by atoms with Crippen molar-refractivity contribution in [1.29, 1.82) is 0 Å². The SMILES string of the molecule is CCCCC/C=C\C[C@@H](O)/C=C/C=C\C/C=C\CCCC(=O)OC[C@H](COP(=O)([O-])OCC[N+](C)(C)C)OC(=O)CCCCCCCCCCCCCCCCCCCCC. The fraction of sp³-hybridized carbons (Fsp3) is 0.800. The first-order valence-electron chi connectivity index (χ1n) is 24.5. The molecule has 0 aromatic carbocycles. The molecule has 0 bridgehead atoms. The summed E-state index contributed by atoms with van der Waals surface area (Å²) in [7, 11) is 1.10. The monoisotopic (exact) mass is 882 g/mol. The number of esters is 2. The van der Waals surface area contributed by atoms with E-state index in [9.17, 15) is 24.2 Å². The maximum absolute atomic E-state index is 12.7. The average molecular weight is 882 g/mol. The van der Waals surface area contributed by atoms with E-state index in [-0.39, 0.29) is 26.1 Å². The molecule has 0 aromatic rings. The number of unbranched alkanes of at least 4 members (excludes halogenated alkanes) is 22. The van der Waals surface area contributed by atoms with E-state index in [1.165, 1.54) is 116 Å². The molecule has 0 saturated carbocycles. The summed E-state index contributed by atoms with van der Waals surface area (Å²) in [6.07, 6.45) is 46.0. The van der Waals surface area contributed by atoms with Crippen LogP contribution < -0.4 is 4.89 Å². The number of rotatable bonds is 44. The number of hydrogen-bond donors (Lipinski definition) is 1. The van der Waals surface area contributed by atoms with Gasteiger partial charge in [-0.3, -0.25) is 14.2 Å². The van der Waals surface area contributed by atoms with Gasteiger partial charge in [0.25, 0.3) is 7.82 Å². The van der Waals surface area contributed by atoms with Crippen LogP contribution in [0.5, 0.6) is 0 Å². The molecular weight excluding hydrogens is 790 g/mol. The van der Waals surface area contributed by atoms with Crippen LogP contribution in [0.1, 0.15) is 200 Å². The molecule has 356 valence electrons. The van der Waals surface area contributed by atoms with E-state index in [1.54, 1.807) is 6.08 Å². The number of hydrogen-bond acceptors (Lipinski definition) is 9. The van der Waals surface area contributed by atoms with Gasteiger partial charge in [-0.2, -0.15) is 0 Å². The Morgan fingerprint density at radius 3 is 1.69 bits per heavy atom. The third kappa shape index (κ3) is 45.8. The number of quaternary nitrogens is 1. The standard InChI is InChI=1S/C50H92NO9P/c1-6-8-10-12-14-15-16-17-18-19-20-21-22-23-24-25-30-34-38-42-50(54)60-48(46-59-61(55,56)58-44-43-51(3,4)5)45-57-49(53)41-37-33-29-27-26-28-32-36-40-47(52)39-35-31-13-11-9-7-2/h27-29,31-32,35-36,40,47-48,52H,6-26,30,33-34,37-39,41-46H2,1-5H3/b29-27-,32-28-,35-31-,40-36+/t47-,48-/m1/s1. The van der Waals surface area contributed by atoms with Crippen LogP contribution in [0.3, 0.4) is 0 Å². The molecule has 1 unspecified atom stereocenters. The summed E-state index contributed by atoms with van der Waals surface area (Å²) in [5, 5.41) is 10.0. The van der Waals surface area contributed by atoms with Gasteiger partial charge in [-0.1, -0.05) is 191 Å². The molecule has 3 atom stereocenters. The summed E-state index contributed by atoms with van der Waals surface area (Å²) in [4.78, 5) is 37.6. The van der Waals surface area contributed by atoms with Crippen molar-refractivity contribution in [3.05, 3.63) is 48.6 Å². The zero-order valence-electron chi connectivity index (χ0n) is 39.7. The average Bonchev–Trinajstić information content (AvgIpc) is 3.21. The minimum Gasteiger partial charge on any atom is -0.756 e. The Morgan fingerprint density at radius 1 is 0.607 bits per heavy atom. The number of ether oxygens (including phenoxy) is 2. The molecule has 0 heterocycles. The molecule has 0 spiro atoms. The van der Waals surface area contributed by atoms with Crippen molar-refractivity contribution in [1.82, 2.24) is 0 Å². The van der Waals surface area contributed by atoms with Crippen LogP contribution in [0.15, 0.2) is 48.6 Å². The number of aliphatic hydroxyl groups excluding tert-OH is 1. The second-order valence-electron chi connectivity index (χ2n) is 17.7. The lowest BCUT2D eigenvalue weighted by molar-refractivity contribution is -0.870. The lowest BCUT2D eigenvalue weighted by Gasteiger charge is -2.28. The Morgan fingerprint density at radius 2 is 1.11 bits per heavy atom. The molecular formula is C50H92NO9P. The summed E-state index contributed by atoms with van der Waals surface area (Å²) < 4.78 is 33.9. The summed E-state index contributed by atoms with van der Waals surface area (Å²) in [5.74, 6) is -0.934. The van der Waals surface area contributed by atoms with Gasteiger partial charge in [-0.05, 0) is 44.9 Å². The Hall–Kier alpha value is -2.07. The molecule has 1 N–H and O–H groups in total. The molecule has 11 heteroatoms. The van der Waals surface area contributed by atoms with Crippen molar-refractivity contribution in [2.24, 2.45) is 0 Å². The predicted octanol–water partition coefficient (Wildman–Crippen LogP) is 12.6. The number of phosphoric acid groups is 1. The number of carbonyl (C=O) groups excluding carboxylic acids is 2. The molecule has 61 heavy (non-hydrogen) atoms. The van der Waals surface area contributed by atoms with Crippen LogP contribution in [0.4, 0.5) is 0 Å². The van der Waals surface area contributed by atoms with E-state index < -0.39 is 38.6 Å². The molecule has 0 aliphatic heterocycles. The van der Waals surface area contributed by atoms with Crippen LogP contribution in [0.25, 0.3) is 0 Å². The van der Waals surface area contributed by atoms with Gasteiger partial charge in [-0.15, -0.1) is 0 Å². The molecule has 0 amide bonds. The van der Waals surface area contributed by atoms with Gasteiger partial charge in [0.2, 0.25) is 0 Å². The Kier molecular flexibility index (Phi) is 40.5. The van der Waals surface area contributed by atoms with Crippen LogP contribution >= 0.6 is 7.82 Å². The van der Waals surface area contributed by atoms with Gasteiger partial charge in [0.15, 0.2) is 6.10 Å². The Labute approximate surface area is 374 Å². The fourth-order valence-corrected chi connectivity index (χ4v) is 7.28. The lowest BCUT2D eigenvalue weighted by atomic mass is 10.0. The smallest absolute Gasteiger partial charge is 0.306 e. The molecule has 0 aliphatic carbocycles. The highest BCUT2D eigenvalue weighted by Crippen LogP contribution is 2.38. The van der Waals surface area contributed by atoms with Crippen LogP contribution in [-0.4, -0.2) is 81.2 Å². The van der Waals surface area contributed by atoms with Gasteiger partial charge < -0.3 is 33.0 Å². The van der Waals surface area contributed by atoms with Gasteiger partial charge in [0, 0.05) is 12.8 Å². The molecule has 0 radical (unpaired) electrons. The molecule has 0 fully saturated rings. The second kappa shape index (κ2) is 41.9. The Balaban J connectivity index is 4.41. The largest absolute Gasteiger partial charge is 0.756 e. The fourth-order valence-electron chi connectivity index (χ4n) is 6.56. The number of phosphoric ester groups is 1. The maximum atomic E-state index is 12.7. The summed E-state index contributed by atoms with van der Waals surface area (Å²) in [6, 6.07) is 0. The normalized spacial score (nSPS) is 14.4. The molecule has 10 nitrogen and oxygen atoms in total. The van der Waals surface area contributed by atoms with E-state index >= 15 is 0 Å². The van der Waals surface area contributed by atoms with Gasteiger partial charge in [0.1, 0.15) is 19.8 Å². The predicted molar refractivity (Wildman–Crippen MR) is 251 cm³/mol. The quantitative estimate of drug-likeness (QED) is 0.0159. The van der Waals surface area contributed by atoms with Crippen molar-refractivity contribution < 1.29 is 47.2 Å². The topological polar surface area (TPSA) is 131 Å². The van der Waals surface area contributed by atoms with E-state index in [2.05, 4.69) is 19.9 Å². The van der Waals surface area contributed by atoms with Crippen LogP contribution in [0.2, 0.25) is 0 Å². The second-order valence-corrected chi connectivity index (χ2v) is 19.1. The summed E-state index contributed by atoms with van der Waals surface area (Å²) >= 11 is 0. The molecule has 0 aliphatic rings. The highest BCUT2D eigenvalue weighted by Gasteiger charge is 2.21. The van der Waals surface area contributed by atoms with E-state index in [4.69, 9.17) is 18.5 Å². The lowest BCUT2D eigenvalue weighted by Crippen LogP contribution is -2.37. The van der Waals surface area contributed by atoms with E-state index in [0.717, 1.165) is 32.1 Å². The zero-order chi connectivity index (χ0) is 45.1. The number of likely N-dealkylation sites (N-methyl/N-ethyl adjacent to an activating group) is 1.